The van der Waals surface area contributed by atoms with Crippen molar-refractivity contribution in [2.24, 2.45) is 0 Å². The fourth-order valence-electron chi connectivity index (χ4n) is 8.63. The fraction of sp³-hybridized carbons (Fsp3) is 0.895. The van der Waals surface area contributed by atoms with E-state index in [1.807, 2.05) is 6.08 Å². The van der Waals surface area contributed by atoms with Gasteiger partial charge in [-0.15, -0.1) is 0 Å². The first-order valence-electron chi connectivity index (χ1n) is 28.1. The normalized spacial score (nSPS) is 12.8. The number of rotatable bonds is 52. The minimum absolute atomic E-state index is 0.00451. The molecule has 0 radical (unpaired) electrons. The summed E-state index contributed by atoms with van der Waals surface area (Å²) in [5.74, 6) is -0.0661. The first kappa shape index (κ1) is 61.3. The summed E-state index contributed by atoms with van der Waals surface area (Å²) in [6.07, 6.45) is 63.5. The molecular formula is C57H109NO5. The van der Waals surface area contributed by atoms with Gasteiger partial charge in [0.1, 0.15) is 0 Å². The van der Waals surface area contributed by atoms with Crippen molar-refractivity contribution in [3.8, 4) is 0 Å². The van der Waals surface area contributed by atoms with Crippen LogP contribution in [0.3, 0.4) is 0 Å². The van der Waals surface area contributed by atoms with E-state index in [4.69, 9.17) is 4.74 Å². The van der Waals surface area contributed by atoms with Gasteiger partial charge >= 0.3 is 5.97 Å². The largest absolute Gasteiger partial charge is 0.466 e. The lowest BCUT2D eigenvalue weighted by Gasteiger charge is -2.20. The summed E-state index contributed by atoms with van der Waals surface area (Å²) in [6, 6.07) is -0.625. The number of unbranched alkanes of at least 4 members (excludes halogenated alkanes) is 39. The quantitative estimate of drug-likeness (QED) is 0.0321. The third kappa shape index (κ3) is 49.6. The zero-order chi connectivity index (χ0) is 45.8. The Bertz CT molecular complexity index is 982. The number of allylic oxidation sites excluding steroid dienone is 3. The van der Waals surface area contributed by atoms with Gasteiger partial charge in [-0.25, -0.2) is 0 Å². The SMILES string of the molecule is CCCCCCCC/C=C\CCCCCCCC(=O)OCCCCCCCCCCCCCCCCCCCCCCCCC(=O)NC(CO)C(O)/C=C/CCCCCCCCC. The third-order valence-corrected chi connectivity index (χ3v) is 13.0. The molecule has 63 heavy (non-hydrogen) atoms. The average molecular weight is 889 g/mol. The van der Waals surface area contributed by atoms with Gasteiger partial charge in [-0.05, 0) is 57.8 Å². The van der Waals surface area contributed by atoms with E-state index >= 15 is 0 Å². The minimum Gasteiger partial charge on any atom is -0.466 e. The molecule has 6 heteroatoms. The molecule has 2 unspecified atom stereocenters. The molecule has 1 amide bonds. The second kappa shape index (κ2) is 53.0. The number of nitrogens with one attached hydrogen (secondary N) is 1. The van der Waals surface area contributed by atoms with Crippen molar-refractivity contribution in [1.29, 1.82) is 0 Å². The molecule has 0 aliphatic rings. The van der Waals surface area contributed by atoms with Crippen LogP contribution in [0.5, 0.6) is 0 Å². The molecule has 0 aromatic heterocycles. The number of carbonyl (C=O) groups excluding carboxylic acids is 2. The van der Waals surface area contributed by atoms with Crippen LogP contribution < -0.4 is 5.32 Å². The summed E-state index contributed by atoms with van der Waals surface area (Å²) in [7, 11) is 0. The van der Waals surface area contributed by atoms with Gasteiger partial charge in [0.05, 0.1) is 25.4 Å². The Labute approximate surface area is 392 Å². The average Bonchev–Trinajstić information content (AvgIpc) is 3.28. The summed E-state index contributed by atoms with van der Waals surface area (Å²) >= 11 is 0. The van der Waals surface area contributed by atoms with E-state index in [2.05, 4.69) is 31.3 Å². The van der Waals surface area contributed by atoms with Gasteiger partial charge in [-0.3, -0.25) is 9.59 Å². The zero-order valence-electron chi connectivity index (χ0n) is 42.3. The summed E-state index contributed by atoms with van der Waals surface area (Å²) in [6.45, 7) is 4.87. The van der Waals surface area contributed by atoms with Crippen LogP contribution in [-0.4, -0.2) is 47.4 Å². The number of carbonyl (C=O) groups is 2. The lowest BCUT2D eigenvalue weighted by Crippen LogP contribution is -2.45. The van der Waals surface area contributed by atoms with Crippen LogP contribution in [0.15, 0.2) is 24.3 Å². The third-order valence-electron chi connectivity index (χ3n) is 13.0. The van der Waals surface area contributed by atoms with Gasteiger partial charge in [0.15, 0.2) is 0 Å². The van der Waals surface area contributed by atoms with Crippen LogP contribution in [0.2, 0.25) is 0 Å². The first-order valence-corrected chi connectivity index (χ1v) is 28.1. The lowest BCUT2D eigenvalue weighted by atomic mass is 10.0. The molecule has 0 aromatic carbocycles. The van der Waals surface area contributed by atoms with Crippen LogP contribution >= 0.6 is 0 Å². The number of hydrogen-bond acceptors (Lipinski definition) is 5. The van der Waals surface area contributed by atoms with Crippen molar-refractivity contribution in [3.63, 3.8) is 0 Å². The smallest absolute Gasteiger partial charge is 0.305 e. The van der Waals surface area contributed by atoms with Crippen molar-refractivity contribution >= 4 is 11.9 Å². The second-order valence-corrected chi connectivity index (χ2v) is 19.3. The highest BCUT2D eigenvalue weighted by molar-refractivity contribution is 5.76. The second-order valence-electron chi connectivity index (χ2n) is 19.3. The molecule has 0 saturated heterocycles. The van der Waals surface area contributed by atoms with E-state index in [1.165, 1.54) is 231 Å². The van der Waals surface area contributed by atoms with Crippen LogP contribution in [0, 0.1) is 0 Å². The predicted octanol–water partition coefficient (Wildman–Crippen LogP) is 17.1. The molecular weight excluding hydrogens is 779 g/mol. The monoisotopic (exact) mass is 888 g/mol. The predicted molar refractivity (Wildman–Crippen MR) is 273 cm³/mol. The molecule has 0 saturated carbocycles. The van der Waals surface area contributed by atoms with Crippen molar-refractivity contribution in [1.82, 2.24) is 5.32 Å². The van der Waals surface area contributed by atoms with Crippen molar-refractivity contribution in [2.75, 3.05) is 13.2 Å². The van der Waals surface area contributed by atoms with Crippen molar-refractivity contribution < 1.29 is 24.5 Å². The minimum atomic E-state index is -0.842. The number of ether oxygens (including phenoxy) is 1. The van der Waals surface area contributed by atoms with Crippen molar-refractivity contribution in [3.05, 3.63) is 24.3 Å². The van der Waals surface area contributed by atoms with E-state index in [9.17, 15) is 19.8 Å². The maximum atomic E-state index is 12.4. The highest BCUT2D eigenvalue weighted by Crippen LogP contribution is 2.17. The Morgan fingerprint density at radius 3 is 1.13 bits per heavy atom. The van der Waals surface area contributed by atoms with E-state index in [0.717, 1.165) is 44.9 Å². The van der Waals surface area contributed by atoms with E-state index in [1.54, 1.807) is 6.08 Å². The molecule has 0 bridgehead atoms. The Morgan fingerprint density at radius 1 is 0.429 bits per heavy atom. The molecule has 6 nitrogen and oxygen atoms in total. The molecule has 3 N–H and O–H groups in total. The van der Waals surface area contributed by atoms with Gasteiger partial charge in [0, 0.05) is 12.8 Å². The summed E-state index contributed by atoms with van der Waals surface area (Å²) in [5.41, 5.74) is 0. The number of amides is 1. The van der Waals surface area contributed by atoms with Crippen LogP contribution in [0.25, 0.3) is 0 Å². The van der Waals surface area contributed by atoms with Crippen LogP contribution in [0.1, 0.15) is 303 Å². The number of esters is 1. The molecule has 0 fully saturated rings. The molecule has 0 aliphatic carbocycles. The number of aliphatic hydroxyl groups excluding tert-OH is 2. The van der Waals surface area contributed by atoms with Crippen LogP contribution in [-0.2, 0) is 14.3 Å². The molecule has 0 rings (SSSR count). The molecule has 0 spiro atoms. The summed E-state index contributed by atoms with van der Waals surface area (Å²) in [4.78, 5) is 24.4. The van der Waals surface area contributed by atoms with E-state index < -0.39 is 12.1 Å². The maximum absolute atomic E-state index is 12.4. The number of hydrogen-bond donors (Lipinski definition) is 3. The van der Waals surface area contributed by atoms with Gasteiger partial charge in [-0.2, -0.15) is 0 Å². The molecule has 0 aliphatic heterocycles. The van der Waals surface area contributed by atoms with E-state index in [-0.39, 0.29) is 18.5 Å². The van der Waals surface area contributed by atoms with E-state index in [0.29, 0.717) is 19.4 Å². The standard InChI is InChI=1S/C57H109NO5/c1-3-5-7-9-11-13-14-15-24-28-31-35-39-43-47-51-57(62)63-52-48-44-40-36-32-29-26-23-21-19-17-16-18-20-22-25-27-30-34-38-42-46-50-56(61)58-54(53-59)55(60)49-45-41-37-33-12-10-8-6-4-2/h15,24,45,49,54-55,59-60H,3-14,16-23,25-44,46-48,50-53H2,1-2H3,(H,58,61)/b24-15-,49-45+. The molecule has 0 aromatic rings. The Hall–Kier alpha value is -1.66. The Morgan fingerprint density at radius 2 is 0.746 bits per heavy atom. The summed E-state index contributed by atoms with van der Waals surface area (Å²) in [5, 5.41) is 22.9. The highest BCUT2D eigenvalue weighted by atomic mass is 16.5. The van der Waals surface area contributed by atoms with Gasteiger partial charge in [-0.1, -0.05) is 256 Å². The maximum Gasteiger partial charge on any atom is 0.305 e. The first-order chi connectivity index (χ1) is 31.0. The molecule has 372 valence electrons. The highest BCUT2D eigenvalue weighted by Gasteiger charge is 2.18. The van der Waals surface area contributed by atoms with Gasteiger partial charge in [0.25, 0.3) is 0 Å². The zero-order valence-corrected chi connectivity index (χ0v) is 42.3. The van der Waals surface area contributed by atoms with Crippen LogP contribution in [0.4, 0.5) is 0 Å². The fourth-order valence-corrected chi connectivity index (χ4v) is 8.63. The topological polar surface area (TPSA) is 95.9 Å². The number of aliphatic hydroxyl groups is 2. The Balaban J connectivity index is 3.36. The molecule has 0 heterocycles. The molecule has 2 atom stereocenters. The van der Waals surface area contributed by atoms with Gasteiger partial charge < -0.3 is 20.3 Å². The Kier molecular flexibility index (Phi) is 51.6. The van der Waals surface area contributed by atoms with Gasteiger partial charge in [0.2, 0.25) is 5.91 Å². The van der Waals surface area contributed by atoms with Crippen molar-refractivity contribution in [2.45, 2.75) is 315 Å². The summed E-state index contributed by atoms with van der Waals surface area (Å²) < 4.78 is 5.48. The lowest BCUT2D eigenvalue weighted by molar-refractivity contribution is -0.143.